The molecule has 1 atom stereocenters. The average molecular weight is 371 g/mol. The minimum atomic E-state index is -0.994. The highest BCUT2D eigenvalue weighted by molar-refractivity contribution is 7.17. The molecule has 7 nitrogen and oxygen atoms in total. The van der Waals surface area contributed by atoms with Gasteiger partial charge in [0.15, 0.2) is 5.69 Å². The van der Waals surface area contributed by atoms with Crippen LogP contribution in [0, 0.1) is 0 Å². The van der Waals surface area contributed by atoms with Crippen LogP contribution in [-0.4, -0.2) is 38.1 Å². The molecule has 26 heavy (non-hydrogen) atoms. The number of hydrogen-bond donors (Lipinski definition) is 3. The zero-order valence-electron chi connectivity index (χ0n) is 14.9. The molecule has 3 heterocycles. The third kappa shape index (κ3) is 4.33. The number of amides is 1. The summed E-state index contributed by atoms with van der Waals surface area (Å²) in [5, 5.41) is 17.6. The van der Waals surface area contributed by atoms with Crippen molar-refractivity contribution in [3.8, 4) is 0 Å². The molecule has 0 saturated carbocycles. The van der Waals surface area contributed by atoms with E-state index in [0.717, 1.165) is 5.69 Å². The highest BCUT2D eigenvalue weighted by Crippen LogP contribution is 2.25. The quantitative estimate of drug-likeness (QED) is 0.616. The Hall–Kier alpha value is -2.58. The molecule has 8 heteroatoms. The van der Waals surface area contributed by atoms with Gasteiger partial charge in [0.2, 0.25) is 5.95 Å². The number of nitrogens with one attached hydrogen (secondary N) is 2. The van der Waals surface area contributed by atoms with Gasteiger partial charge in [-0.3, -0.25) is 9.78 Å². The van der Waals surface area contributed by atoms with Crippen LogP contribution in [0.3, 0.4) is 0 Å². The molecule has 0 spiro atoms. The normalized spacial score (nSPS) is 12.8. The Balaban J connectivity index is 1.87. The Labute approximate surface area is 155 Å². The molecule has 3 rings (SSSR count). The fraction of sp³-hybridized carbons (Fsp3) is 0.333. The summed E-state index contributed by atoms with van der Waals surface area (Å²) >= 11 is 1.41. The maximum absolute atomic E-state index is 12.6. The Morgan fingerprint density at radius 1 is 1.31 bits per heavy atom. The van der Waals surface area contributed by atoms with Gasteiger partial charge in [-0.1, -0.05) is 6.07 Å². The lowest BCUT2D eigenvalue weighted by Gasteiger charge is -2.18. The number of nitrogens with zero attached hydrogens (tertiary/aromatic N) is 3. The maximum atomic E-state index is 12.6. The van der Waals surface area contributed by atoms with Gasteiger partial charge in [0.1, 0.15) is 0 Å². The smallest absolute Gasteiger partial charge is 0.271 e. The van der Waals surface area contributed by atoms with E-state index < -0.39 is 5.60 Å². The van der Waals surface area contributed by atoms with E-state index in [4.69, 9.17) is 0 Å². The van der Waals surface area contributed by atoms with Crippen LogP contribution in [0.25, 0.3) is 10.2 Å². The number of rotatable bonds is 6. The standard InChI is InChI=1S/C18H21N5O2S/c1-11(12-6-4-5-8-19-12)21-17-22-13-7-9-26-15(13)14(23-17)16(24)20-10-18(2,3)25/h4-9,11,25H,10H2,1-3H3,(H,20,24)(H,21,22,23). The predicted molar refractivity (Wildman–Crippen MR) is 102 cm³/mol. The number of carbonyl (C=O) groups is 1. The first-order valence-corrected chi connectivity index (χ1v) is 9.15. The highest BCUT2D eigenvalue weighted by Gasteiger charge is 2.20. The van der Waals surface area contributed by atoms with Crippen molar-refractivity contribution in [2.24, 2.45) is 0 Å². The zero-order valence-corrected chi connectivity index (χ0v) is 15.7. The van der Waals surface area contributed by atoms with Crippen LogP contribution in [-0.2, 0) is 0 Å². The molecule has 3 N–H and O–H groups in total. The van der Waals surface area contributed by atoms with Crippen molar-refractivity contribution in [2.45, 2.75) is 32.4 Å². The predicted octanol–water partition coefficient (Wildman–Crippen LogP) is 2.76. The minimum absolute atomic E-state index is 0.112. The Kier molecular flexibility index (Phi) is 5.15. The van der Waals surface area contributed by atoms with Gasteiger partial charge < -0.3 is 15.7 Å². The molecule has 3 aromatic rings. The van der Waals surface area contributed by atoms with E-state index in [1.807, 2.05) is 36.6 Å². The van der Waals surface area contributed by atoms with Crippen LogP contribution in [0.4, 0.5) is 5.95 Å². The Bertz CT molecular complexity index is 905. The fourth-order valence-electron chi connectivity index (χ4n) is 2.36. The van der Waals surface area contributed by atoms with E-state index >= 15 is 0 Å². The first-order valence-electron chi connectivity index (χ1n) is 8.27. The topological polar surface area (TPSA) is 100 Å². The zero-order chi connectivity index (χ0) is 18.7. The second-order valence-corrected chi connectivity index (χ2v) is 7.56. The number of aliphatic hydroxyl groups is 1. The number of fused-ring (bicyclic) bond motifs is 1. The third-order valence-corrected chi connectivity index (χ3v) is 4.59. The molecular weight excluding hydrogens is 350 g/mol. The molecule has 0 radical (unpaired) electrons. The van der Waals surface area contributed by atoms with Gasteiger partial charge in [-0.15, -0.1) is 11.3 Å². The van der Waals surface area contributed by atoms with Crippen molar-refractivity contribution in [2.75, 3.05) is 11.9 Å². The molecule has 0 saturated heterocycles. The highest BCUT2D eigenvalue weighted by atomic mass is 32.1. The molecule has 1 unspecified atom stereocenters. The van der Waals surface area contributed by atoms with Gasteiger partial charge in [0.25, 0.3) is 5.91 Å². The lowest BCUT2D eigenvalue weighted by Crippen LogP contribution is -2.38. The van der Waals surface area contributed by atoms with Crippen molar-refractivity contribution in [1.29, 1.82) is 0 Å². The molecule has 0 aromatic carbocycles. The second kappa shape index (κ2) is 7.35. The summed E-state index contributed by atoms with van der Waals surface area (Å²) in [6.45, 7) is 5.36. The summed E-state index contributed by atoms with van der Waals surface area (Å²) < 4.78 is 0.717. The van der Waals surface area contributed by atoms with Crippen LogP contribution < -0.4 is 10.6 Å². The number of carbonyl (C=O) groups excluding carboxylic acids is 1. The van der Waals surface area contributed by atoms with E-state index in [9.17, 15) is 9.90 Å². The van der Waals surface area contributed by atoms with Crippen LogP contribution >= 0.6 is 11.3 Å². The van der Waals surface area contributed by atoms with E-state index in [1.165, 1.54) is 11.3 Å². The Morgan fingerprint density at radius 3 is 2.81 bits per heavy atom. The van der Waals surface area contributed by atoms with Gasteiger partial charge in [0, 0.05) is 12.7 Å². The van der Waals surface area contributed by atoms with Crippen molar-refractivity contribution in [3.05, 3.63) is 47.2 Å². The summed E-state index contributed by atoms with van der Waals surface area (Å²) in [6.07, 6.45) is 1.73. The summed E-state index contributed by atoms with van der Waals surface area (Å²) in [4.78, 5) is 25.8. The van der Waals surface area contributed by atoms with Crippen molar-refractivity contribution >= 4 is 33.4 Å². The maximum Gasteiger partial charge on any atom is 0.271 e. The first-order chi connectivity index (χ1) is 12.3. The second-order valence-electron chi connectivity index (χ2n) is 6.65. The van der Waals surface area contributed by atoms with Gasteiger partial charge in [-0.05, 0) is 44.4 Å². The average Bonchev–Trinajstić information content (AvgIpc) is 3.07. The van der Waals surface area contributed by atoms with E-state index in [2.05, 4.69) is 25.6 Å². The van der Waals surface area contributed by atoms with E-state index in [-0.39, 0.29) is 18.5 Å². The molecule has 0 aliphatic heterocycles. The molecule has 0 aliphatic carbocycles. The lowest BCUT2D eigenvalue weighted by atomic mass is 10.1. The van der Waals surface area contributed by atoms with Gasteiger partial charge >= 0.3 is 0 Å². The summed E-state index contributed by atoms with van der Waals surface area (Å²) in [7, 11) is 0. The number of hydrogen-bond acceptors (Lipinski definition) is 7. The molecule has 1 amide bonds. The minimum Gasteiger partial charge on any atom is -0.389 e. The number of aromatic nitrogens is 3. The summed E-state index contributed by atoms with van der Waals surface area (Å²) in [5.74, 6) is 0.0259. The van der Waals surface area contributed by atoms with E-state index in [0.29, 0.717) is 21.9 Å². The largest absolute Gasteiger partial charge is 0.389 e. The van der Waals surface area contributed by atoms with Crippen molar-refractivity contribution < 1.29 is 9.90 Å². The lowest BCUT2D eigenvalue weighted by molar-refractivity contribution is 0.0693. The van der Waals surface area contributed by atoms with Crippen molar-refractivity contribution in [3.63, 3.8) is 0 Å². The monoisotopic (exact) mass is 371 g/mol. The molecule has 0 fully saturated rings. The van der Waals surface area contributed by atoms with Crippen LogP contribution in [0.15, 0.2) is 35.8 Å². The van der Waals surface area contributed by atoms with Crippen molar-refractivity contribution in [1.82, 2.24) is 20.3 Å². The van der Waals surface area contributed by atoms with E-state index in [1.54, 1.807) is 20.0 Å². The SMILES string of the molecule is CC(Nc1nc(C(=O)NCC(C)(C)O)c2sccc2n1)c1ccccn1. The molecule has 0 aliphatic rings. The molecule has 3 aromatic heterocycles. The molecular formula is C18H21N5O2S. The van der Waals surface area contributed by atoms with Crippen LogP contribution in [0.1, 0.15) is 43.0 Å². The van der Waals surface area contributed by atoms with Gasteiger partial charge in [-0.2, -0.15) is 0 Å². The summed E-state index contributed by atoms with van der Waals surface area (Å²) in [6, 6.07) is 7.43. The van der Waals surface area contributed by atoms with Crippen LogP contribution in [0.5, 0.6) is 0 Å². The van der Waals surface area contributed by atoms with Gasteiger partial charge in [0.05, 0.1) is 27.6 Å². The Morgan fingerprint density at radius 2 is 2.12 bits per heavy atom. The number of thiophene rings is 1. The van der Waals surface area contributed by atoms with Crippen LogP contribution in [0.2, 0.25) is 0 Å². The third-order valence-electron chi connectivity index (χ3n) is 3.68. The number of pyridine rings is 1. The first kappa shape index (κ1) is 18.2. The number of anilines is 1. The molecule has 0 bridgehead atoms. The fourth-order valence-corrected chi connectivity index (χ4v) is 3.18. The molecule has 136 valence electrons. The van der Waals surface area contributed by atoms with Gasteiger partial charge in [-0.25, -0.2) is 9.97 Å². The summed E-state index contributed by atoms with van der Waals surface area (Å²) in [5.41, 5.74) is 0.861.